The summed E-state index contributed by atoms with van der Waals surface area (Å²) in [4.78, 5) is 27.9. The van der Waals surface area contributed by atoms with Gasteiger partial charge in [0.1, 0.15) is 5.60 Å². The summed E-state index contributed by atoms with van der Waals surface area (Å²) in [5.41, 5.74) is 1.74. The smallest absolute Gasteiger partial charge is 0.410 e. The number of carbonyl (C=O) groups is 2. The van der Waals surface area contributed by atoms with Crippen LogP contribution in [0.4, 0.5) is 4.79 Å². The standard InChI is InChI=1S/C27H38N2O4/c1-21(23-15-10-7-11-16-23)29(20-22-13-8-6-9-14-22)24(19-25(30)31)17-12-18-28(5)26(32)33-27(2,3)4/h6-11,13-16,21,24H,12,17-20H2,1-5H3,(H,30,31)/t21-,24-/m0/s1. The fourth-order valence-electron chi connectivity index (χ4n) is 3.88. The molecule has 1 N–H and O–H groups in total. The van der Waals surface area contributed by atoms with Gasteiger partial charge in [0, 0.05) is 32.2 Å². The van der Waals surface area contributed by atoms with Gasteiger partial charge in [0.2, 0.25) is 0 Å². The van der Waals surface area contributed by atoms with Crippen molar-refractivity contribution in [3.05, 3.63) is 71.8 Å². The molecule has 0 aliphatic heterocycles. The van der Waals surface area contributed by atoms with E-state index in [-0.39, 0.29) is 24.6 Å². The van der Waals surface area contributed by atoms with E-state index in [4.69, 9.17) is 4.74 Å². The molecular formula is C27H38N2O4. The van der Waals surface area contributed by atoms with E-state index in [1.165, 1.54) is 0 Å². The maximum Gasteiger partial charge on any atom is 0.410 e. The number of carboxylic acids is 1. The number of hydrogen-bond donors (Lipinski definition) is 1. The highest BCUT2D eigenvalue weighted by Crippen LogP contribution is 2.28. The monoisotopic (exact) mass is 454 g/mol. The minimum absolute atomic E-state index is 0.0411. The Bertz CT molecular complexity index is 865. The van der Waals surface area contributed by atoms with Gasteiger partial charge in [-0.25, -0.2) is 4.79 Å². The van der Waals surface area contributed by atoms with Crippen LogP contribution in [0.15, 0.2) is 60.7 Å². The van der Waals surface area contributed by atoms with Gasteiger partial charge in [0.25, 0.3) is 0 Å². The van der Waals surface area contributed by atoms with Crippen LogP contribution >= 0.6 is 0 Å². The molecule has 2 atom stereocenters. The molecule has 2 rings (SSSR count). The SMILES string of the molecule is C[C@@H](c1ccccc1)N(Cc1ccccc1)[C@@H](CCCN(C)C(=O)OC(C)(C)C)CC(=O)O. The van der Waals surface area contributed by atoms with Gasteiger partial charge in [-0.05, 0) is 51.7 Å². The Morgan fingerprint density at radius 2 is 1.58 bits per heavy atom. The van der Waals surface area contributed by atoms with Crippen LogP contribution in [0.1, 0.15) is 64.1 Å². The van der Waals surface area contributed by atoms with Gasteiger partial charge >= 0.3 is 12.1 Å². The first-order chi connectivity index (χ1) is 15.6. The molecule has 6 heteroatoms. The number of ether oxygens (including phenoxy) is 1. The van der Waals surface area contributed by atoms with E-state index >= 15 is 0 Å². The molecule has 0 bridgehead atoms. The van der Waals surface area contributed by atoms with Gasteiger partial charge < -0.3 is 14.7 Å². The van der Waals surface area contributed by atoms with Crippen LogP contribution in [0, 0.1) is 0 Å². The third kappa shape index (κ3) is 9.26. The fraction of sp³-hybridized carbons (Fsp3) is 0.481. The summed E-state index contributed by atoms with van der Waals surface area (Å²) in [6.07, 6.45) is 1.01. The van der Waals surface area contributed by atoms with E-state index < -0.39 is 11.6 Å². The molecule has 0 spiro atoms. The summed E-state index contributed by atoms with van der Waals surface area (Å²) in [5.74, 6) is -0.821. The molecule has 33 heavy (non-hydrogen) atoms. The van der Waals surface area contributed by atoms with E-state index in [9.17, 15) is 14.7 Å². The predicted octanol–water partition coefficient (Wildman–Crippen LogP) is 5.74. The highest BCUT2D eigenvalue weighted by Gasteiger charge is 2.27. The molecule has 0 heterocycles. The zero-order valence-corrected chi connectivity index (χ0v) is 20.5. The average molecular weight is 455 g/mol. The molecular weight excluding hydrogens is 416 g/mol. The molecule has 2 aromatic rings. The Kier molecular flexibility index (Phi) is 9.92. The molecule has 0 aliphatic rings. The van der Waals surface area contributed by atoms with Gasteiger partial charge in [-0.3, -0.25) is 9.69 Å². The second kappa shape index (κ2) is 12.4. The Hall–Kier alpha value is -2.86. The van der Waals surface area contributed by atoms with Crippen LogP contribution in [0.2, 0.25) is 0 Å². The number of aliphatic carboxylic acids is 1. The third-order valence-electron chi connectivity index (χ3n) is 5.60. The van der Waals surface area contributed by atoms with Crippen LogP contribution in [0.25, 0.3) is 0 Å². The minimum Gasteiger partial charge on any atom is -0.481 e. The summed E-state index contributed by atoms with van der Waals surface area (Å²) in [6.45, 7) is 8.80. The Labute approximate surface area is 198 Å². The van der Waals surface area contributed by atoms with Gasteiger partial charge in [-0.1, -0.05) is 60.7 Å². The molecule has 2 aromatic carbocycles. The number of hydrogen-bond acceptors (Lipinski definition) is 4. The largest absolute Gasteiger partial charge is 0.481 e. The van der Waals surface area contributed by atoms with Crippen LogP contribution in [0.5, 0.6) is 0 Å². The molecule has 0 saturated heterocycles. The number of carbonyl (C=O) groups excluding carboxylic acids is 1. The zero-order chi connectivity index (χ0) is 24.4. The Balaban J connectivity index is 2.17. The number of rotatable bonds is 11. The normalized spacial score (nSPS) is 13.4. The highest BCUT2D eigenvalue weighted by atomic mass is 16.6. The van der Waals surface area contributed by atoms with Crippen LogP contribution in [-0.4, -0.2) is 52.2 Å². The van der Waals surface area contributed by atoms with E-state index in [0.717, 1.165) is 11.1 Å². The van der Waals surface area contributed by atoms with E-state index in [2.05, 4.69) is 36.1 Å². The van der Waals surface area contributed by atoms with Crippen molar-refractivity contribution >= 4 is 12.1 Å². The Morgan fingerprint density at radius 1 is 1.00 bits per heavy atom. The van der Waals surface area contributed by atoms with Crippen molar-refractivity contribution in [2.24, 2.45) is 0 Å². The van der Waals surface area contributed by atoms with E-state index in [0.29, 0.717) is 25.9 Å². The average Bonchev–Trinajstić information content (AvgIpc) is 2.76. The second-order valence-corrected chi connectivity index (χ2v) is 9.54. The topological polar surface area (TPSA) is 70.1 Å². The van der Waals surface area contributed by atoms with E-state index in [1.807, 2.05) is 57.2 Å². The minimum atomic E-state index is -0.821. The van der Waals surface area contributed by atoms with Gasteiger partial charge in [0.05, 0.1) is 6.42 Å². The molecule has 0 saturated carbocycles. The van der Waals surface area contributed by atoms with Crippen LogP contribution < -0.4 is 0 Å². The molecule has 0 radical (unpaired) electrons. The second-order valence-electron chi connectivity index (χ2n) is 9.54. The molecule has 0 unspecified atom stereocenters. The van der Waals surface area contributed by atoms with Crippen LogP contribution in [-0.2, 0) is 16.1 Å². The lowest BCUT2D eigenvalue weighted by molar-refractivity contribution is -0.138. The maximum atomic E-state index is 12.3. The van der Waals surface area contributed by atoms with Gasteiger partial charge in [-0.15, -0.1) is 0 Å². The molecule has 180 valence electrons. The van der Waals surface area contributed by atoms with Crippen LogP contribution in [0.3, 0.4) is 0 Å². The number of nitrogens with zero attached hydrogens (tertiary/aromatic N) is 2. The summed E-state index contributed by atoms with van der Waals surface area (Å²) in [5, 5.41) is 9.66. The first kappa shape index (κ1) is 26.4. The first-order valence-electron chi connectivity index (χ1n) is 11.6. The van der Waals surface area contributed by atoms with Crippen molar-refractivity contribution in [3.63, 3.8) is 0 Å². The van der Waals surface area contributed by atoms with Crippen molar-refractivity contribution in [2.45, 2.75) is 71.2 Å². The number of benzene rings is 2. The zero-order valence-electron chi connectivity index (χ0n) is 20.5. The van der Waals surface area contributed by atoms with Crippen molar-refractivity contribution in [1.82, 2.24) is 9.80 Å². The van der Waals surface area contributed by atoms with E-state index in [1.54, 1.807) is 11.9 Å². The lowest BCUT2D eigenvalue weighted by atomic mass is 9.98. The van der Waals surface area contributed by atoms with Crippen molar-refractivity contribution in [2.75, 3.05) is 13.6 Å². The predicted molar refractivity (Wildman–Crippen MR) is 131 cm³/mol. The lowest BCUT2D eigenvalue weighted by Crippen LogP contribution is -2.39. The van der Waals surface area contributed by atoms with Crippen molar-refractivity contribution < 1.29 is 19.4 Å². The summed E-state index contributed by atoms with van der Waals surface area (Å²) in [7, 11) is 1.72. The third-order valence-corrected chi connectivity index (χ3v) is 5.60. The Morgan fingerprint density at radius 3 is 2.12 bits per heavy atom. The quantitative estimate of drug-likeness (QED) is 0.469. The first-order valence-corrected chi connectivity index (χ1v) is 11.6. The summed E-state index contributed by atoms with van der Waals surface area (Å²) in [6, 6.07) is 20.2. The van der Waals surface area contributed by atoms with Gasteiger partial charge in [0.15, 0.2) is 0 Å². The highest BCUT2D eigenvalue weighted by molar-refractivity contribution is 5.68. The van der Waals surface area contributed by atoms with Crippen molar-refractivity contribution in [3.8, 4) is 0 Å². The molecule has 0 aromatic heterocycles. The summed E-state index contributed by atoms with van der Waals surface area (Å²) >= 11 is 0. The number of amides is 1. The number of carboxylic acid groups (broad SMARTS) is 1. The van der Waals surface area contributed by atoms with Gasteiger partial charge in [-0.2, -0.15) is 0 Å². The lowest BCUT2D eigenvalue weighted by Gasteiger charge is -2.37. The molecule has 1 amide bonds. The molecule has 0 aliphatic carbocycles. The maximum absolute atomic E-state index is 12.3. The van der Waals surface area contributed by atoms with Crippen molar-refractivity contribution in [1.29, 1.82) is 0 Å². The molecule has 6 nitrogen and oxygen atoms in total. The fourth-order valence-corrected chi connectivity index (χ4v) is 3.88. The summed E-state index contributed by atoms with van der Waals surface area (Å²) < 4.78 is 5.43. The molecule has 0 fully saturated rings.